The Hall–Kier alpha value is -2.33. The van der Waals surface area contributed by atoms with Crippen molar-refractivity contribution in [1.82, 2.24) is 9.38 Å². The number of imidazole rings is 1. The van der Waals surface area contributed by atoms with E-state index in [4.69, 9.17) is 9.72 Å². The summed E-state index contributed by atoms with van der Waals surface area (Å²) in [5.41, 5.74) is 4.34. The number of hydrogen-bond acceptors (Lipinski definition) is 3. The molecule has 2 aromatic heterocycles. The first-order valence-electron chi connectivity index (χ1n) is 7.51. The van der Waals surface area contributed by atoms with E-state index in [0.29, 0.717) is 6.61 Å². The van der Waals surface area contributed by atoms with Crippen LogP contribution >= 0.6 is 0 Å². The van der Waals surface area contributed by atoms with Gasteiger partial charge >= 0.3 is 0 Å². The molecule has 4 heteroatoms. The second-order valence-corrected chi connectivity index (χ2v) is 5.31. The zero-order valence-corrected chi connectivity index (χ0v) is 13.1. The Labute approximate surface area is 130 Å². The Morgan fingerprint density at radius 3 is 2.68 bits per heavy atom. The van der Waals surface area contributed by atoms with E-state index < -0.39 is 6.10 Å². The molecular weight excluding hydrogens is 276 g/mol. The third kappa shape index (κ3) is 2.35. The Morgan fingerprint density at radius 2 is 1.95 bits per heavy atom. The number of fused-ring (bicyclic) bond motifs is 1. The second-order valence-electron chi connectivity index (χ2n) is 5.31. The van der Waals surface area contributed by atoms with Crippen LogP contribution in [0.2, 0.25) is 0 Å². The van der Waals surface area contributed by atoms with Gasteiger partial charge in [-0.2, -0.15) is 0 Å². The first kappa shape index (κ1) is 14.6. The first-order valence-corrected chi connectivity index (χ1v) is 7.51. The van der Waals surface area contributed by atoms with E-state index in [1.807, 2.05) is 60.7 Å². The Morgan fingerprint density at radius 1 is 1.18 bits per heavy atom. The van der Waals surface area contributed by atoms with Gasteiger partial charge in [-0.1, -0.05) is 18.2 Å². The highest BCUT2D eigenvalue weighted by Gasteiger charge is 2.21. The molecule has 1 aromatic carbocycles. The third-order valence-electron chi connectivity index (χ3n) is 3.71. The topological polar surface area (TPSA) is 46.8 Å². The summed E-state index contributed by atoms with van der Waals surface area (Å²) >= 11 is 0. The average Bonchev–Trinajstić information content (AvgIpc) is 2.89. The van der Waals surface area contributed by atoms with Gasteiger partial charge in [0, 0.05) is 11.3 Å². The lowest BCUT2D eigenvalue weighted by molar-refractivity contribution is 0.193. The van der Waals surface area contributed by atoms with Crippen molar-refractivity contribution in [3.8, 4) is 17.0 Å². The molecule has 114 valence electrons. The molecule has 0 aliphatic rings. The summed E-state index contributed by atoms with van der Waals surface area (Å²) < 4.78 is 7.72. The number of rotatable bonds is 4. The van der Waals surface area contributed by atoms with Crippen LogP contribution in [0.1, 0.15) is 31.3 Å². The predicted molar refractivity (Wildman–Crippen MR) is 87.2 cm³/mol. The molecule has 2 heterocycles. The van der Waals surface area contributed by atoms with Crippen LogP contribution in [0.4, 0.5) is 0 Å². The van der Waals surface area contributed by atoms with Crippen molar-refractivity contribution in [2.24, 2.45) is 0 Å². The van der Waals surface area contributed by atoms with Crippen molar-refractivity contribution >= 4 is 5.65 Å². The lowest BCUT2D eigenvalue weighted by atomic mass is 10.1. The number of aromatic nitrogens is 2. The highest BCUT2D eigenvalue weighted by molar-refractivity contribution is 5.72. The van der Waals surface area contributed by atoms with Crippen LogP contribution in [0.15, 0.2) is 42.5 Å². The number of para-hydroxylation sites is 1. The van der Waals surface area contributed by atoms with Gasteiger partial charge in [0.25, 0.3) is 0 Å². The van der Waals surface area contributed by atoms with E-state index in [-0.39, 0.29) is 0 Å². The maximum Gasteiger partial charge on any atom is 0.137 e. The molecule has 0 aliphatic heterocycles. The molecule has 4 nitrogen and oxygen atoms in total. The van der Waals surface area contributed by atoms with Crippen LogP contribution in [0.25, 0.3) is 16.9 Å². The molecule has 0 saturated carbocycles. The second kappa shape index (κ2) is 5.81. The monoisotopic (exact) mass is 296 g/mol. The average molecular weight is 296 g/mol. The molecular formula is C18H20N2O2. The number of aliphatic hydroxyl groups is 1. The van der Waals surface area contributed by atoms with Crippen LogP contribution in [-0.2, 0) is 0 Å². The predicted octanol–water partition coefficient (Wildman–Crippen LogP) is 3.76. The Balaban J connectivity index is 2.32. The highest BCUT2D eigenvalue weighted by Crippen LogP contribution is 2.35. The van der Waals surface area contributed by atoms with Gasteiger partial charge in [0.15, 0.2) is 0 Å². The summed E-state index contributed by atoms with van der Waals surface area (Å²) in [7, 11) is 0. The van der Waals surface area contributed by atoms with E-state index in [0.717, 1.165) is 34.0 Å². The fraction of sp³-hybridized carbons (Fsp3) is 0.278. The number of hydrogen-bond donors (Lipinski definition) is 1. The van der Waals surface area contributed by atoms with Gasteiger partial charge in [-0.15, -0.1) is 0 Å². The zero-order chi connectivity index (χ0) is 15.7. The molecule has 1 atom stereocenters. The first-order chi connectivity index (χ1) is 10.6. The Bertz CT molecular complexity index is 806. The number of pyridine rings is 1. The zero-order valence-electron chi connectivity index (χ0n) is 13.1. The van der Waals surface area contributed by atoms with Gasteiger partial charge in [0.1, 0.15) is 11.4 Å². The molecule has 0 saturated heterocycles. The molecule has 0 bridgehead atoms. The number of nitrogens with zero attached hydrogens (tertiary/aromatic N) is 2. The summed E-state index contributed by atoms with van der Waals surface area (Å²) in [6.07, 6.45) is -0.624. The maximum atomic E-state index is 10.3. The molecule has 3 rings (SSSR count). The van der Waals surface area contributed by atoms with E-state index in [2.05, 4.69) is 0 Å². The molecule has 1 N–H and O–H groups in total. The van der Waals surface area contributed by atoms with Crippen molar-refractivity contribution in [2.45, 2.75) is 26.9 Å². The van der Waals surface area contributed by atoms with Crippen molar-refractivity contribution in [3.63, 3.8) is 0 Å². The van der Waals surface area contributed by atoms with E-state index >= 15 is 0 Å². The summed E-state index contributed by atoms with van der Waals surface area (Å²) in [5, 5.41) is 10.3. The molecule has 0 aliphatic carbocycles. The largest absolute Gasteiger partial charge is 0.493 e. The van der Waals surface area contributed by atoms with Gasteiger partial charge in [0.2, 0.25) is 0 Å². The maximum absolute atomic E-state index is 10.3. The number of aryl methyl sites for hydroxylation is 1. The van der Waals surface area contributed by atoms with Crippen molar-refractivity contribution in [3.05, 3.63) is 53.9 Å². The van der Waals surface area contributed by atoms with Gasteiger partial charge in [-0.25, -0.2) is 4.98 Å². The standard InChI is InChI=1S/C18H20N2O2/c1-4-22-15-10-6-5-9-14(15)17-18(13(3)21)20-12(2)8-7-11-16(20)19-17/h5-11,13,21H,4H2,1-3H3. The third-order valence-corrected chi connectivity index (χ3v) is 3.71. The van der Waals surface area contributed by atoms with E-state index in [1.165, 1.54) is 0 Å². The van der Waals surface area contributed by atoms with Gasteiger partial charge < -0.3 is 9.84 Å². The van der Waals surface area contributed by atoms with E-state index in [9.17, 15) is 5.11 Å². The summed E-state index contributed by atoms with van der Waals surface area (Å²) in [6.45, 7) is 6.33. The molecule has 0 amide bonds. The minimum Gasteiger partial charge on any atom is -0.493 e. The molecule has 22 heavy (non-hydrogen) atoms. The number of aliphatic hydroxyl groups excluding tert-OH is 1. The van der Waals surface area contributed by atoms with Crippen LogP contribution in [-0.4, -0.2) is 21.1 Å². The van der Waals surface area contributed by atoms with E-state index in [1.54, 1.807) is 6.92 Å². The van der Waals surface area contributed by atoms with Crippen molar-refractivity contribution in [1.29, 1.82) is 0 Å². The number of benzene rings is 1. The number of ether oxygens (including phenoxy) is 1. The van der Waals surface area contributed by atoms with Crippen LogP contribution in [0, 0.1) is 6.92 Å². The van der Waals surface area contributed by atoms with Crippen LogP contribution in [0.3, 0.4) is 0 Å². The minimum atomic E-state index is -0.624. The molecule has 0 radical (unpaired) electrons. The summed E-state index contributed by atoms with van der Waals surface area (Å²) in [6, 6.07) is 13.7. The SMILES string of the molecule is CCOc1ccccc1-c1nc2cccc(C)n2c1C(C)O. The smallest absolute Gasteiger partial charge is 0.137 e. The lowest BCUT2D eigenvalue weighted by Gasteiger charge is -2.12. The minimum absolute atomic E-state index is 0.591. The molecule has 0 fully saturated rings. The van der Waals surface area contributed by atoms with Crippen molar-refractivity contribution in [2.75, 3.05) is 6.61 Å². The summed E-state index contributed by atoms with van der Waals surface area (Å²) in [5.74, 6) is 0.785. The summed E-state index contributed by atoms with van der Waals surface area (Å²) in [4.78, 5) is 4.73. The molecule has 0 spiro atoms. The fourth-order valence-electron chi connectivity index (χ4n) is 2.81. The quantitative estimate of drug-likeness (QED) is 0.797. The molecule has 3 aromatic rings. The lowest BCUT2D eigenvalue weighted by Crippen LogP contribution is -2.02. The normalized spacial score (nSPS) is 12.5. The van der Waals surface area contributed by atoms with Gasteiger partial charge in [0.05, 0.1) is 24.1 Å². The fourth-order valence-corrected chi connectivity index (χ4v) is 2.81. The Kier molecular flexibility index (Phi) is 3.86. The van der Waals surface area contributed by atoms with Gasteiger partial charge in [-0.05, 0) is 45.0 Å². The van der Waals surface area contributed by atoms with Crippen molar-refractivity contribution < 1.29 is 9.84 Å². The van der Waals surface area contributed by atoms with Crippen LogP contribution in [0.5, 0.6) is 5.75 Å². The molecule has 1 unspecified atom stereocenters. The van der Waals surface area contributed by atoms with Crippen LogP contribution < -0.4 is 4.74 Å². The highest BCUT2D eigenvalue weighted by atomic mass is 16.5. The van der Waals surface area contributed by atoms with Gasteiger partial charge in [-0.3, -0.25) is 4.40 Å².